The standard InChI is InChI=1S/C43H49N3O3Si/c1-27(2)37-18-19-38-42(40(28(3)4)43(29(5)6)46(38)50)41(37)32-21-34(23-36(22-32)48-25-31-13-16-35(47-7)17-14-31)45-33-15-20-39(44-24-33)49-26-30-11-9-8-10-12-30/h8-24,27-29,45H,25-26H2,1-7,50H3. The van der Waals surface area contributed by atoms with Crippen LogP contribution in [-0.4, -0.2) is 26.7 Å². The van der Waals surface area contributed by atoms with Gasteiger partial charge in [0.05, 0.1) is 19.0 Å². The number of nitrogens with one attached hydrogen (secondary N) is 1. The number of methoxy groups -OCH3 is 1. The zero-order valence-electron chi connectivity index (χ0n) is 30.6. The first-order chi connectivity index (χ1) is 24.1. The molecule has 6 aromatic rings. The molecule has 2 heterocycles. The van der Waals surface area contributed by atoms with Gasteiger partial charge in [0.25, 0.3) is 0 Å². The zero-order valence-corrected chi connectivity index (χ0v) is 32.6. The second kappa shape index (κ2) is 15.3. The van der Waals surface area contributed by atoms with Crippen LogP contribution in [0.15, 0.2) is 103 Å². The van der Waals surface area contributed by atoms with Crippen LogP contribution in [0.4, 0.5) is 11.4 Å². The van der Waals surface area contributed by atoms with Gasteiger partial charge in [0.1, 0.15) is 35.1 Å². The third-order valence-corrected chi connectivity index (χ3v) is 10.2. The topological polar surface area (TPSA) is 57.5 Å². The highest BCUT2D eigenvalue weighted by molar-refractivity contribution is 6.15. The maximum Gasteiger partial charge on any atom is 0.213 e. The summed E-state index contributed by atoms with van der Waals surface area (Å²) in [7, 11) is 2.60. The first kappa shape index (κ1) is 34.8. The summed E-state index contributed by atoms with van der Waals surface area (Å²) in [6, 6.07) is 33.3. The number of rotatable bonds is 13. The number of hydrogen-bond donors (Lipinski definition) is 1. The number of fused-ring (bicyclic) bond motifs is 1. The third kappa shape index (κ3) is 7.58. The number of pyridine rings is 1. The molecule has 6 rings (SSSR count). The van der Waals surface area contributed by atoms with E-state index in [1.165, 1.54) is 33.3 Å². The minimum absolute atomic E-state index is 0.335. The molecule has 0 aliphatic carbocycles. The van der Waals surface area contributed by atoms with Crippen LogP contribution in [-0.2, 0) is 13.2 Å². The van der Waals surface area contributed by atoms with Crippen molar-refractivity contribution in [2.75, 3.05) is 12.4 Å². The van der Waals surface area contributed by atoms with Crippen molar-refractivity contribution in [3.63, 3.8) is 0 Å². The number of nitrogens with zero attached hydrogens (tertiary/aromatic N) is 2. The molecule has 0 spiro atoms. The molecule has 1 N–H and O–H groups in total. The molecule has 4 aromatic carbocycles. The predicted octanol–water partition coefficient (Wildman–Crippen LogP) is 10.1. The van der Waals surface area contributed by atoms with Crippen molar-refractivity contribution in [2.45, 2.75) is 72.5 Å². The molecule has 0 radical (unpaired) electrons. The lowest BCUT2D eigenvalue weighted by Crippen LogP contribution is -2.04. The maximum atomic E-state index is 6.54. The van der Waals surface area contributed by atoms with E-state index < -0.39 is 0 Å². The fraction of sp³-hybridized carbons (Fsp3) is 0.279. The predicted molar refractivity (Wildman–Crippen MR) is 211 cm³/mol. The van der Waals surface area contributed by atoms with Crippen molar-refractivity contribution in [1.29, 1.82) is 0 Å². The minimum atomic E-state index is 0.335. The second-order valence-electron chi connectivity index (χ2n) is 13.9. The quantitative estimate of drug-likeness (QED) is 0.123. The number of aromatic nitrogens is 2. The summed E-state index contributed by atoms with van der Waals surface area (Å²) < 4.78 is 20.4. The smallest absolute Gasteiger partial charge is 0.213 e. The summed E-state index contributed by atoms with van der Waals surface area (Å²) in [5.74, 6) is 3.35. The van der Waals surface area contributed by atoms with Crippen LogP contribution in [0.3, 0.4) is 0 Å². The van der Waals surface area contributed by atoms with E-state index in [1.807, 2.05) is 72.9 Å². The summed E-state index contributed by atoms with van der Waals surface area (Å²) in [6.45, 7) is 14.8. The van der Waals surface area contributed by atoms with E-state index in [9.17, 15) is 0 Å². The van der Waals surface area contributed by atoms with E-state index in [-0.39, 0.29) is 0 Å². The Balaban J connectivity index is 1.42. The largest absolute Gasteiger partial charge is 0.497 e. The third-order valence-electron chi connectivity index (χ3n) is 9.24. The van der Waals surface area contributed by atoms with Crippen LogP contribution in [0.25, 0.3) is 22.0 Å². The Labute approximate surface area is 300 Å². The van der Waals surface area contributed by atoms with Crippen LogP contribution in [0, 0.1) is 0 Å². The molecule has 0 saturated heterocycles. The monoisotopic (exact) mass is 683 g/mol. The van der Waals surface area contributed by atoms with Gasteiger partial charge >= 0.3 is 0 Å². The average Bonchev–Trinajstić information content (AvgIpc) is 3.43. The lowest BCUT2D eigenvalue weighted by molar-refractivity contribution is 0.294. The molecule has 0 saturated carbocycles. The summed E-state index contributed by atoms with van der Waals surface area (Å²) in [4.78, 5) is 4.60. The first-order valence-electron chi connectivity index (χ1n) is 17.6. The Morgan fingerprint density at radius 2 is 1.42 bits per heavy atom. The van der Waals surface area contributed by atoms with Gasteiger partial charge in [-0.3, -0.25) is 0 Å². The molecule has 7 heteroatoms. The number of ether oxygens (including phenoxy) is 3. The van der Waals surface area contributed by atoms with Crippen molar-refractivity contribution in [2.24, 2.45) is 0 Å². The molecule has 0 aliphatic heterocycles. The Hall–Kier alpha value is -5.01. The van der Waals surface area contributed by atoms with E-state index >= 15 is 0 Å². The number of benzene rings is 4. The molecule has 0 amide bonds. The van der Waals surface area contributed by atoms with E-state index in [2.05, 4.69) is 86.4 Å². The Morgan fingerprint density at radius 3 is 2.06 bits per heavy atom. The highest BCUT2D eigenvalue weighted by Crippen LogP contribution is 2.45. The molecule has 50 heavy (non-hydrogen) atoms. The fourth-order valence-corrected chi connectivity index (χ4v) is 8.03. The van der Waals surface area contributed by atoms with Gasteiger partial charge < -0.3 is 23.8 Å². The molecule has 0 atom stereocenters. The van der Waals surface area contributed by atoms with E-state index in [0.717, 1.165) is 50.0 Å². The fourth-order valence-electron chi connectivity index (χ4n) is 6.90. The zero-order chi connectivity index (χ0) is 35.4. The normalized spacial score (nSPS) is 11.6. The van der Waals surface area contributed by atoms with E-state index in [4.69, 9.17) is 14.2 Å². The highest BCUT2D eigenvalue weighted by atomic mass is 28.2. The molecule has 2 aromatic heterocycles. The second-order valence-corrected chi connectivity index (χ2v) is 14.8. The van der Waals surface area contributed by atoms with Gasteiger partial charge in [-0.1, -0.05) is 90.1 Å². The van der Waals surface area contributed by atoms with Crippen molar-refractivity contribution in [3.05, 3.63) is 131 Å². The molecular weight excluding hydrogens is 635 g/mol. The van der Waals surface area contributed by atoms with Crippen LogP contribution in [0.5, 0.6) is 17.4 Å². The minimum Gasteiger partial charge on any atom is -0.497 e. The van der Waals surface area contributed by atoms with Gasteiger partial charge in [-0.05, 0) is 87.5 Å². The molecule has 0 bridgehead atoms. The molecular formula is C43H49N3O3Si. The van der Waals surface area contributed by atoms with Gasteiger partial charge in [-0.25, -0.2) is 4.98 Å². The Bertz CT molecular complexity index is 2050. The number of anilines is 2. The van der Waals surface area contributed by atoms with Crippen molar-refractivity contribution in [1.82, 2.24) is 9.22 Å². The summed E-state index contributed by atoms with van der Waals surface area (Å²) in [5.41, 5.74) is 12.0. The van der Waals surface area contributed by atoms with E-state index in [1.54, 1.807) is 7.11 Å². The number of hydrogen-bond acceptors (Lipinski definition) is 5. The molecule has 0 unspecified atom stereocenters. The molecule has 0 aliphatic rings. The van der Waals surface area contributed by atoms with Gasteiger partial charge in [-0.15, -0.1) is 0 Å². The Morgan fingerprint density at radius 1 is 0.700 bits per heavy atom. The summed E-state index contributed by atoms with van der Waals surface area (Å²) in [6.07, 6.45) is 1.82. The maximum absolute atomic E-state index is 6.54. The lowest BCUT2D eigenvalue weighted by atomic mass is 9.85. The lowest BCUT2D eigenvalue weighted by Gasteiger charge is -2.20. The van der Waals surface area contributed by atoms with Gasteiger partial charge in [-0.2, -0.15) is 0 Å². The molecule has 6 nitrogen and oxygen atoms in total. The van der Waals surface area contributed by atoms with Gasteiger partial charge in [0, 0.05) is 34.4 Å². The van der Waals surface area contributed by atoms with Crippen LogP contribution >= 0.6 is 0 Å². The Kier molecular flexibility index (Phi) is 10.6. The van der Waals surface area contributed by atoms with E-state index in [0.29, 0.717) is 36.8 Å². The van der Waals surface area contributed by atoms with Crippen molar-refractivity contribution >= 4 is 32.7 Å². The van der Waals surface area contributed by atoms with Crippen molar-refractivity contribution < 1.29 is 14.2 Å². The highest BCUT2D eigenvalue weighted by Gasteiger charge is 2.25. The van der Waals surface area contributed by atoms with Crippen molar-refractivity contribution in [3.8, 4) is 28.5 Å². The summed E-state index contributed by atoms with van der Waals surface area (Å²) >= 11 is 0. The summed E-state index contributed by atoms with van der Waals surface area (Å²) in [5, 5.41) is 4.99. The van der Waals surface area contributed by atoms with Crippen LogP contribution in [0.1, 0.15) is 87.2 Å². The van der Waals surface area contributed by atoms with Crippen LogP contribution < -0.4 is 19.5 Å². The van der Waals surface area contributed by atoms with Crippen LogP contribution in [0.2, 0.25) is 0 Å². The molecule has 0 fully saturated rings. The molecule has 258 valence electrons. The van der Waals surface area contributed by atoms with Gasteiger partial charge in [0.15, 0.2) is 0 Å². The first-order valence-corrected chi connectivity index (χ1v) is 18.5. The average molecular weight is 684 g/mol. The van der Waals surface area contributed by atoms with Gasteiger partial charge in [0.2, 0.25) is 5.88 Å². The SMILES string of the molecule is COc1ccc(COc2cc(Nc3ccc(OCc4ccccc4)nc3)cc(-c3c(C(C)C)ccc4c3c(C(C)C)c(C(C)C)n4[SiH3])c2)cc1.